The predicted molar refractivity (Wildman–Crippen MR) is 73.8 cm³/mol. The molecule has 1 aromatic rings. The van der Waals surface area contributed by atoms with Crippen LogP contribution >= 0.6 is 12.4 Å². The Labute approximate surface area is 117 Å². The number of nitrogens with one attached hydrogen (secondary N) is 2. The van der Waals surface area contributed by atoms with Gasteiger partial charge in [0.05, 0.1) is 4.92 Å². The molecule has 2 rings (SSSR count). The lowest BCUT2D eigenvalue weighted by Crippen LogP contribution is -2.36. The largest absolute Gasteiger partial charge is 0.348 e. The second-order valence-corrected chi connectivity index (χ2v) is 4.44. The molecular weight excluding hydrogens is 270 g/mol. The molecule has 7 heteroatoms. The van der Waals surface area contributed by atoms with Crippen LogP contribution in [-0.4, -0.2) is 30.0 Å². The Morgan fingerprint density at radius 2 is 2.26 bits per heavy atom. The van der Waals surface area contributed by atoms with Crippen LogP contribution in [0.4, 0.5) is 5.69 Å². The number of aryl methyl sites for hydroxylation is 1. The number of nitro benzene ring substituents is 1. The molecule has 1 unspecified atom stereocenters. The average molecular weight is 286 g/mol. The van der Waals surface area contributed by atoms with Gasteiger partial charge in [-0.2, -0.15) is 0 Å². The van der Waals surface area contributed by atoms with Crippen LogP contribution in [0.5, 0.6) is 0 Å². The van der Waals surface area contributed by atoms with Gasteiger partial charge in [-0.05, 0) is 31.5 Å². The summed E-state index contributed by atoms with van der Waals surface area (Å²) in [4.78, 5) is 22.4. The van der Waals surface area contributed by atoms with Crippen LogP contribution < -0.4 is 10.6 Å². The monoisotopic (exact) mass is 285 g/mol. The molecule has 1 amide bonds. The Bertz CT molecular complexity index is 487. The Hall–Kier alpha value is -1.66. The van der Waals surface area contributed by atoms with Gasteiger partial charge in [-0.25, -0.2) is 0 Å². The van der Waals surface area contributed by atoms with Crippen LogP contribution in [0.15, 0.2) is 18.2 Å². The maximum atomic E-state index is 12.0. The summed E-state index contributed by atoms with van der Waals surface area (Å²) in [6, 6.07) is 4.61. The Morgan fingerprint density at radius 3 is 2.84 bits per heavy atom. The molecule has 0 aromatic heterocycles. The lowest BCUT2D eigenvalue weighted by molar-refractivity contribution is -0.385. The summed E-state index contributed by atoms with van der Waals surface area (Å²) >= 11 is 0. The van der Waals surface area contributed by atoms with Crippen molar-refractivity contribution in [2.45, 2.75) is 19.4 Å². The van der Waals surface area contributed by atoms with Crippen LogP contribution in [0.1, 0.15) is 22.3 Å². The summed E-state index contributed by atoms with van der Waals surface area (Å²) in [7, 11) is 0. The number of amides is 1. The van der Waals surface area contributed by atoms with E-state index in [4.69, 9.17) is 0 Å². The third kappa shape index (κ3) is 3.65. The van der Waals surface area contributed by atoms with E-state index in [9.17, 15) is 14.9 Å². The topological polar surface area (TPSA) is 84.3 Å². The highest BCUT2D eigenvalue weighted by Gasteiger charge is 2.23. The molecular formula is C12H16ClN3O3. The van der Waals surface area contributed by atoms with Crippen molar-refractivity contribution in [2.24, 2.45) is 0 Å². The van der Waals surface area contributed by atoms with E-state index in [0.29, 0.717) is 6.54 Å². The van der Waals surface area contributed by atoms with E-state index in [0.717, 1.165) is 18.5 Å². The van der Waals surface area contributed by atoms with Crippen LogP contribution in [0.25, 0.3) is 0 Å². The Kier molecular flexibility index (Phi) is 5.26. The molecule has 0 radical (unpaired) electrons. The number of nitrogens with zero attached hydrogens (tertiary/aromatic N) is 1. The molecule has 1 atom stereocenters. The van der Waals surface area contributed by atoms with Gasteiger partial charge in [0.2, 0.25) is 0 Å². The number of hydrogen-bond donors (Lipinski definition) is 2. The lowest BCUT2D eigenvalue weighted by atomic mass is 10.1. The zero-order chi connectivity index (χ0) is 13.1. The lowest BCUT2D eigenvalue weighted by Gasteiger charge is -2.11. The molecule has 2 N–H and O–H groups in total. The van der Waals surface area contributed by atoms with Gasteiger partial charge >= 0.3 is 0 Å². The average Bonchev–Trinajstić information content (AvgIpc) is 2.81. The molecule has 1 fully saturated rings. The van der Waals surface area contributed by atoms with E-state index in [1.807, 2.05) is 0 Å². The Morgan fingerprint density at radius 1 is 1.53 bits per heavy atom. The number of hydrogen-bond acceptors (Lipinski definition) is 4. The number of benzene rings is 1. The van der Waals surface area contributed by atoms with Crippen molar-refractivity contribution in [2.75, 3.05) is 13.1 Å². The van der Waals surface area contributed by atoms with Gasteiger partial charge in [0.15, 0.2) is 0 Å². The second kappa shape index (κ2) is 6.49. The molecule has 104 valence electrons. The van der Waals surface area contributed by atoms with E-state index in [1.54, 1.807) is 19.1 Å². The van der Waals surface area contributed by atoms with Crippen molar-refractivity contribution in [3.63, 3.8) is 0 Å². The van der Waals surface area contributed by atoms with Crippen molar-refractivity contribution in [1.82, 2.24) is 10.6 Å². The molecule has 0 aliphatic carbocycles. The zero-order valence-corrected chi connectivity index (χ0v) is 11.3. The van der Waals surface area contributed by atoms with Gasteiger partial charge in [-0.15, -0.1) is 12.4 Å². The van der Waals surface area contributed by atoms with Crippen molar-refractivity contribution in [3.8, 4) is 0 Å². The summed E-state index contributed by atoms with van der Waals surface area (Å²) in [5.41, 5.74) is 0.811. The minimum Gasteiger partial charge on any atom is -0.348 e. The van der Waals surface area contributed by atoms with Crippen molar-refractivity contribution >= 4 is 24.0 Å². The summed E-state index contributed by atoms with van der Waals surface area (Å²) < 4.78 is 0. The molecule has 19 heavy (non-hydrogen) atoms. The van der Waals surface area contributed by atoms with Gasteiger partial charge in [-0.1, -0.05) is 6.07 Å². The molecule has 1 aromatic carbocycles. The third-order valence-corrected chi connectivity index (χ3v) is 2.99. The summed E-state index contributed by atoms with van der Waals surface area (Å²) in [6.07, 6.45) is 0.853. The smallest absolute Gasteiger partial charge is 0.282 e. The molecule has 0 spiro atoms. The van der Waals surface area contributed by atoms with Crippen LogP contribution in [-0.2, 0) is 0 Å². The van der Waals surface area contributed by atoms with Crippen molar-refractivity contribution < 1.29 is 9.72 Å². The summed E-state index contributed by atoms with van der Waals surface area (Å²) in [6.45, 7) is 3.38. The van der Waals surface area contributed by atoms with Crippen molar-refractivity contribution in [1.29, 1.82) is 0 Å². The second-order valence-electron chi connectivity index (χ2n) is 4.44. The zero-order valence-electron chi connectivity index (χ0n) is 10.5. The number of nitro groups is 1. The number of rotatable bonds is 3. The van der Waals surface area contributed by atoms with Gasteiger partial charge < -0.3 is 10.6 Å². The van der Waals surface area contributed by atoms with E-state index in [-0.39, 0.29) is 35.6 Å². The maximum Gasteiger partial charge on any atom is 0.282 e. The third-order valence-electron chi connectivity index (χ3n) is 2.99. The van der Waals surface area contributed by atoms with Crippen LogP contribution in [0.2, 0.25) is 0 Å². The first-order valence-electron chi connectivity index (χ1n) is 5.84. The highest BCUT2D eigenvalue weighted by molar-refractivity contribution is 5.98. The Balaban J connectivity index is 0.00000180. The van der Waals surface area contributed by atoms with Gasteiger partial charge in [0.1, 0.15) is 5.56 Å². The molecule has 6 nitrogen and oxygen atoms in total. The van der Waals surface area contributed by atoms with Gasteiger partial charge in [0, 0.05) is 18.7 Å². The number of halogens is 1. The maximum absolute atomic E-state index is 12.0. The van der Waals surface area contributed by atoms with Crippen LogP contribution in [0.3, 0.4) is 0 Å². The van der Waals surface area contributed by atoms with E-state index in [2.05, 4.69) is 10.6 Å². The minimum atomic E-state index is -0.527. The van der Waals surface area contributed by atoms with E-state index >= 15 is 0 Å². The molecule has 1 aliphatic rings. The first-order chi connectivity index (χ1) is 8.58. The van der Waals surface area contributed by atoms with Crippen molar-refractivity contribution in [3.05, 3.63) is 39.4 Å². The normalized spacial score (nSPS) is 17.6. The first kappa shape index (κ1) is 15.4. The van der Waals surface area contributed by atoms with Crippen LogP contribution in [0, 0.1) is 17.0 Å². The highest BCUT2D eigenvalue weighted by Crippen LogP contribution is 2.20. The van der Waals surface area contributed by atoms with E-state index < -0.39 is 4.92 Å². The minimum absolute atomic E-state index is 0. The van der Waals surface area contributed by atoms with E-state index in [1.165, 1.54) is 6.07 Å². The number of carbonyl (C=O) groups is 1. The number of carbonyl (C=O) groups excluding carboxylic acids is 1. The fourth-order valence-electron chi connectivity index (χ4n) is 2.03. The fraction of sp³-hybridized carbons (Fsp3) is 0.417. The summed E-state index contributed by atoms with van der Waals surface area (Å²) in [5, 5.41) is 16.8. The standard InChI is InChI=1S/C12H15N3O3.ClH/c1-8-2-3-11(15(17)18)10(6-8)12(16)14-9-4-5-13-7-9;/h2-3,6,9,13H,4-5,7H2,1H3,(H,14,16);1H. The molecule has 1 aliphatic heterocycles. The highest BCUT2D eigenvalue weighted by atomic mass is 35.5. The SMILES string of the molecule is Cc1ccc([N+](=O)[O-])c(C(=O)NC2CCNC2)c1.Cl. The quantitative estimate of drug-likeness (QED) is 0.650. The fourth-order valence-corrected chi connectivity index (χ4v) is 2.03. The molecule has 1 saturated heterocycles. The first-order valence-corrected chi connectivity index (χ1v) is 5.84. The van der Waals surface area contributed by atoms with Gasteiger partial charge in [-0.3, -0.25) is 14.9 Å². The molecule has 0 bridgehead atoms. The summed E-state index contributed by atoms with van der Waals surface area (Å²) in [5.74, 6) is -0.376. The molecule has 0 saturated carbocycles. The predicted octanol–water partition coefficient (Wildman–Crippen LogP) is 1.42. The molecule has 1 heterocycles. The van der Waals surface area contributed by atoms with Gasteiger partial charge in [0.25, 0.3) is 11.6 Å².